The SMILES string of the molecule is COc1cccc2sc(-c3ccc(CN)cn3)cc12. The maximum absolute atomic E-state index is 5.58. The van der Waals surface area contributed by atoms with Gasteiger partial charge in [0.1, 0.15) is 5.75 Å². The molecule has 2 N–H and O–H groups in total. The molecule has 0 amide bonds. The van der Waals surface area contributed by atoms with Gasteiger partial charge >= 0.3 is 0 Å². The van der Waals surface area contributed by atoms with E-state index < -0.39 is 0 Å². The van der Waals surface area contributed by atoms with Crippen LogP contribution in [0.1, 0.15) is 5.56 Å². The van der Waals surface area contributed by atoms with Crippen molar-refractivity contribution in [2.75, 3.05) is 7.11 Å². The first-order valence-electron chi connectivity index (χ1n) is 6.03. The quantitative estimate of drug-likeness (QED) is 0.793. The van der Waals surface area contributed by atoms with Crippen LogP contribution in [0.5, 0.6) is 5.75 Å². The summed E-state index contributed by atoms with van der Waals surface area (Å²) < 4.78 is 6.59. The fourth-order valence-corrected chi connectivity index (χ4v) is 3.08. The summed E-state index contributed by atoms with van der Waals surface area (Å²) in [6, 6.07) is 12.2. The van der Waals surface area contributed by atoms with Gasteiger partial charge in [-0.05, 0) is 29.8 Å². The molecule has 0 saturated carbocycles. The maximum Gasteiger partial charge on any atom is 0.127 e. The van der Waals surface area contributed by atoms with Gasteiger partial charge in [0, 0.05) is 22.8 Å². The molecule has 0 aliphatic carbocycles. The van der Waals surface area contributed by atoms with E-state index in [0.29, 0.717) is 6.54 Å². The van der Waals surface area contributed by atoms with Gasteiger partial charge in [-0.1, -0.05) is 12.1 Å². The topological polar surface area (TPSA) is 48.1 Å². The molecule has 0 unspecified atom stereocenters. The molecule has 0 aliphatic heterocycles. The lowest BCUT2D eigenvalue weighted by Gasteiger charge is -1.99. The zero-order valence-electron chi connectivity index (χ0n) is 10.6. The molecule has 3 rings (SSSR count). The summed E-state index contributed by atoms with van der Waals surface area (Å²) in [7, 11) is 1.69. The summed E-state index contributed by atoms with van der Waals surface area (Å²) in [6.45, 7) is 0.521. The summed E-state index contributed by atoms with van der Waals surface area (Å²) in [5.41, 5.74) is 7.60. The number of nitrogens with zero attached hydrogens (tertiary/aromatic N) is 1. The third-order valence-corrected chi connectivity index (χ3v) is 4.18. The monoisotopic (exact) mass is 270 g/mol. The smallest absolute Gasteiger partial charge is 0.127 e. The Morgan fingerprint density at radius 1 is 1.26 bits per heavy atom. The largest absolute Gasteiger partial charge is 0.496 e. The van der Waals surface area contributed by atoms with E-state index in [9.17, 15) is 0 Å². The van der Waals surface area contributed by atoms with Crippen molar-refractivity contribution >= 4 is 21.4 Å². The van der Waals surface area contributed by atoms with Crippen LogP contribution in [0.15, 0.2) is 42.6 Å². The molecule has 0 radical (unpaired) electrons. The van der Waals surface area contributed by atoms with Crippen molar-refractivity contribution < 1.29 is 4.74 Å². The number of rotatable bonds is 3. The zero-order valence-corrected chi connectivity index (χ0v) is 11.4. The van der Waals surface area contributed by atoms with E-state index in [1.165, 1.54) is 4.70 Å². The van der Waals surface area contributed by atoms with Crippen LogP contribution in [-0.2, 0) is 6.54 Å². The lowest BCUT2D eigenvalue weighted by Crippen LogP contribution is -1.96. The summed E-state index contributed by atoms with van der Waals surface area (Å²) >= 11 is 1.72. The van der Waals surface area contributed by atoms with E-state index >= 15 is 0 Å². The third-order valence-electron chi connectivity index (χ3n) is 3.05. The number of nitrogens with two attached hydrogens (primary N) is 1. The minimum absolute atomic E-state index is 0.521. The van der Waals surface area contributed by atoms with E-state index in [0.717, 1.165) is 27.3 Å². The highest BCUT2D eigenvalue weighted by molar-refractivity contribution is 7.22. The highest BCUT2D eigenvalue weighted by Crippen LogP contribution is 2.37. The molecule has 2 heterocycles. The molecule has 0 bridgehead atoms. The van der Waals surface area contributed by atoms with Crippen LogP contribution in [0.4, 0.5) is 0 Å². The maximum atomic E-state index is 5.58. The summed E-state index contributed by atoms with van der Waals surface area (Å²) in [5.74, 6) is 0.901. The van der Waals surface area contributed by atoms with Crippen molar-refractivity contribution in [1.29, 1.82) is 0 Å². The van der Waals surface area contributed by atoms with Crippen LogP contribution < -0.4 is 10.5 Å². The number of hydrogen-bond donors (Lipinski definition) is 1. The highest BCUT2D eigenvalue weighted by Gasteiger charge is 2.08. The molecular weight excluding hydrogens is 256 g/mol. The normalized spacial score (nSPS) is 10.8. The van der Waals surface area contributed by atoms with Gasteiger partial charge < -0.3 is 10.5 Å². The van der Waals surface area contributed by atoms with Gasteiger partial charge in [-0.2, -0.15) is 0 Å². The molecule has 96 valence electrons. The molecule has 19 heavy (non-hydrogen) atoms. The average molecular weight is 270 g/mol. The van der Waals surface area contributed by atoms with Crippen LogP contribution in [0.25, 0.3) is 20.7 Å². The first-order chi connectivity index (χ1) is 9.31. The van der Waals surface area contributed by atoms with E-state index in [2.05, 4.69) is 17.1 Å². The van der Waals surface area contributed by atoms with Crippen LogP contribution in [-0.4, -0.2) is 12.1 Å². The number of hydrogen-bond acceptors (Lipinski definition) is 4. The van der Waals surface area contributed by atoms with Crippen molar-refractivity contribution in [2.24, 2.45) is 5.73 Å². The predicted molar refractivity (Wildman–Crippen MR) is 79.5 cm³/mol. The van der Waals surface area contributed by atoms with Gasteiger partial charge in [0.2, 0.25) is 0 Å². The number of methoxy groups -OCH3 is 1. The first-order valence-corrected chi connectivity index (χ1v) is 6.85. The Bertz CT molecular complexity index is 704. The molecule has 2 aromatic heterocycles. The first kappa shape index (κ1) is 12.1. The number of benzene rings is 1. The Balaban J connectivity index is 2.09. The van der Waals surface area contributed by atoms with Gasteiger partial charge in [0.05, 0.1) is 17.7 Å². The van der Waals surface area contributed by atoms with Gasteiger partial charge in [-0.3, -0.25) is 4.98 Å². The van der Waals surface area contributed by atoms with Gasteiger partial charge in [-0.15, -0.1) is 11.3 Å². The summed E-state index contributed by atoms with van der Waals surface area (Å²) in [6.07, 6.45) is 1.83. The lowest BCUT2D eigenvalue weighted by molar-refractivity contribution is 0.420. The van der Waals surface area contributed by atoms with Crippen LogP contribution in [0, 0.1) is 0 Å². The molecule has 4 heteroatoms. The number of ether oxygens (including phenoxy) is 1. The molecule has 3 aromatic rings. The van der Waals surface area contributed by atoms with Crippen LogP contribution >= 0.6 is 11.3 Å². The molecule has 0 fully saturated rings. The zero-order chi connectivity index (χ0) is 13.2. The average Bonchev–Trinajstić information content (AvgIpc) is 2.91. The summed E-state index contributed by atoms with van der Waals surface area (Å²) in [5, 5.41) is 1.13. The Hall–Kier alpha value is -1.91. The molecule has 0 spiro atoms. The lowest BCUT2D eigenvalue weighted by atomic mass is 10.2. The molecule has 3 nitrogen and oxygen atoms in total. The minimum Gasteiger partial charge on any atom is -0.496 e. The van der Waals surface area contributed by atoms with Crippen LogP contribution in [0.2, 0.25) is 0 Å². The molecule has 0 saturated heterocycles. The van der Waals surface area contributed by atoms with E-state index in [-0.39, 0.29) is 0 Å². The number of fused-ring (bicyclic) bond motifs is 1. The Kier molecular flexibility index (Phi) is 3.19. The van der Waals surface area contributed by atoms with E-state index in [1.807, 2.05) is 30.5 Å². The van der Waals surface area contributed by atoms with Gasteiger partial charge in [0.15, 0.2) is 0 Å². The van der Waals surface area contributed by atoms with Crippen molar-refractivity contribution in [3.63, 3.8) is 0 Å². The Labute approximate surface area is 115 Å². The van der Waals surface area contributed by atoms with Crippen molar-refractivity contribution in [1.82, 2.24) is 4.98 Å². The molecular formula is C15H14N2OS. The van der Waals surface area contributed by atoms with Crippen molar-refractivity contribution in [2.45, 2.75) is 6.54 Å². The van der Waals surface area contributed by atoms with Gasteiger partial charge in [-0.25, -0.2) is 0 Å². The van der Waals surface area contributed by atoms with E-state index in [1.54, 1.807) is 18.4 Å². The number of aromatic nitrogens is 1. The van der Waals surface area contributed by atoms with E-state index in [4.69, 9.17) is 10.5 Å². The Morgan fingerprint density at radius 2 is 2.16 bits per heavy atom. The fourth-order valence-electron chi connectivity index (χ4n) is 2.03. The van der Waals surface area contributed by atoms with Crippen LogP contribution in [0.3, 0.4) is 0 Å². The number of pyridine rings is 1. The minimum atomic E-state index is 0.521. The molecule has 0 aliphatic rings. The van der Waals surface area contributed by atoms with Gasteiger partial charge in [0.25, 0.3) is 0 Å². The highest BCUT2D eigenvalue weighted by atomic mass is 32.1. The molecule has 1 aromatic carbocycles. The number of thiophene rings is 1. The van der Waals surface area contributed by atoms with Crippen molar-refractivity contribution in [3.8, 4) is 16.3 Å². The standard InChI is InChI=1S/C15H14N2OS/c1-18-13-3-2-4-14-11(13)7-15(19-14)12-6-5-10(8-16)9-17-12/h2-7,9H,8,16H2,1H3. The third kappa shape index (κ3) is 2.20. The Morgan fingerprint density at radius 3 is 2.84 bits per heavy atom. The molecule has 0 atom stereocenters. The second-order valence-electron chi connectivity index (χ2n) is 4.24. The second kappa shape index (κ2) is 4.99. The second-order valence-corrected chi connectivity index (χ2v) is 5.32. The predicted octanol–water partition coefficient (Wildman–Crippen LogP) is 3.43. The summed E-state index contributed by atoms with van der Waals surface area (Å²) in [4.78, 5) is 5.60. The fraction of sp³-hybridized carbons (Fsp3) is 0.133. The van der Waals surface area contributed by atoms with Crippen molar-refractivity contribution in [3.05, 3.63) is 48.2 Å².